The van der Waals surface area contributed by atoms with Crippen LogP contribution in [0, 0.1) is 18.3 Å². The Morgan fingerprint density at radius 2 is 1.97 bits per heavy atom. The molecule has 0 saturated carbocycles. The first kappa shape index (κ1) is 23.4. The topological polar surface area (TPSA) is 68.5 Å². The Balaban J connectivity index is 1.91. The van der Waals surface area contributed by atoms with Crippen molar-refractivity contribution in [1.82, 2.24) is 18.9 Å². The van der Waals surface area contributed by atoms with Crippen molar-refractivity contribution >= 4 is 5.70 Å². The lowest BCUT2D eigenvalue weighted by Gasteiger charge is -2.16. The smallest absolute Gasteiger partial charge is 0.290 e. The molecule has 0 unspecified atom stereocenters. The predicted octanol–water partition coefficient (Wildman–Crippen LogP) is 5.71. The first-order valence-corrected chi connectivity index (χ1v) is 11.1. The minimum atomic E-state index is -4.51. The fraction of sp³-hybridized carbons (Fsp3) is 0.320. The van der Waals surface area contributed by atoms with Crippen molar-refractivity contribution in [2.75, 3.05) is 0 Å². The first-order valence-electron chi connectivity index (χ1n) is 11.1. The number of alkyl halides is 3. The molecule has 0 atom stereocenters. The molecule has 6 nitrogen and oxygen atoms in total. The van der Waals surface area contributed by atoms with E-state index in [-0.39, 0.29) is 5.69 Å². The second kappa shape index (κ2) is 9.21. The van der Waals surface area contributed by atoms with Crippen LogP contribution in [0.4, 0.5) is 13.2 Å². The molecule has 2 aromatic heterocycles. The largest absolute Gasteiger partial charge is 0.416 e. The van der Waals surface area contributed by atoms with Crippen LogP contribution in [0.1, 0.15) is 43.9 Å². The average Bonchev–Trinajstić information content (AvgIpc) is 3.39. The summed E-state index contributed by atoms with van der Waals surface area (Å²) in [7, 11) is 0. The maximum Gasteiger partial charge on any atom is 0.416 e. The summed E-state index contributed by atoms with van der Waals surface area (Å²) in [5.74, 6) is 0. The van der Waals surface area contributed by atoms with Gasteiger partial charge in [-0.05, 0) is 62.6 Å². The number of rotatable bonds is 6. The van der Waals surface area contributed by atoms with E-state index in [0.29, 0.717) is 42.0 Å². The third-order valence-corrected chi connectivity index (χ3v) is 5.97. The second-order valence-electron chi connectivity index (χ2n) is 8.20. The van der Waals surface area contributed by atoms with Crippen molar-refractivity contribution in [2.45, 2.75) is 52.3 Å². The summed E-state index contributed by atoms with van der Waals surface area (Å²) < 4.78 is 44.7. The number of benzene rings is 1. The van der Waals surface area contributed by atoms with Crippen molar-refractivity contribution < 1.29 is 13.2 Å². The van der Waals surface area contributed by atoms with Gasteiger partial charge in [0.05, 0.1) is 40.6 Å². The number of aromatic nitrogens is 4. The van der Waals surface area contributed by atoms with Crippen molar-refractivity contribution in [1.29, 1.82) is 5.26 Å². The number of hydrogen-bond acceptors (Lipinski definition) is 3. The van der Waals surface area contributed by atoms with Crippen LogP contribution in [-0.2, 0) is 12.7 Å². The highest BCUT2D eigenvalue weighted by atomic mass is 19.4. The number of nitrogens with zero attached hydrogens (tertiary/aromatic N) is 5. The molecule has 1 aliphatic rings. The van der Waals surface area contributed by atoms with Gasteiger partial charge >= 0.3 is 11.9 Å². The van der Waals surface area contributed by atoms with Crippen LogP contribution in [0.3, 0.4) is 0 Å². The molecular formula is C25H24F3N5O. The van der Waals surface area contributed by atoms with Crippen LogP contribution >= 0.6 is 0 Å². The van der Waals surface area contributed by atoms with Gasteiger partial charge in [-0.25, -0.2) is 9.48 Å². The number of nitriles is 1. The van der Waals surface area contributed by atoms with E-state index in [1.54, 1.807) is 34.5 Å². The van der Waals surface area contributed by atoms with Crippen LogP contribution in [0.25, 0.3) is 22.8 Å². The van der Waals surface area contributed by atoms with Crippen LogP contribution in [-0.4, -0.2) is 18.9 Å². The minimum absolute atomic E-state index is 0.165. The highest BCUT2D eigenvalue weighted by molar-refractivity contribution is 5.66. The summed E-state index contributed by atoms with van der Waals surface area (Å²) in [6.07, 6.45) is 3.52. The molecule has 1 aliphatic carbocycles. The normalized spacial score (nSPS) is 14.0. The zero-order chi connectivity index (χ0) is 24.5. The monoisotopic (exact) mass is 467 g/mol. The molecule has 3 aromatic rings. The molecular weight excluding hydrogens is 443 g/mol. The molecule has 0 radical (unpaired) electrons. The predicted molar refractivity (Wildman–Crippen MR) is 123 cm³/mol. The van der Waals surface area contributed by atoms with Crippen LogP contribution in [0.15, 0.2) is 59.0 Å². The Morgan fingerprint density at radius 3 is 2.62 bits per heavy atom. The SMILES string of the molecule is CCCCn1c(-c2ccnn2C2=CC=C(C#N)CC2)c(C)n(-c2cccc(C(F)(F)F)c2)c1=O. The Labute approximate surface area is 194 Å². The van der Waals surface area contributed by atoms with Crippen molar-refractivity contribution in [2.24, 2.45) is 0 Å². The van der Waals surface area contributed by atoms with Gasteiger partial charge in [0.1, 0.15) is 0 Å². The lowest BCUT2D eigenvalue weighted by molar-refractivity contribution is -0.137. The third-order valence-electron chi connectivity index (χ3n) is 5.97. The van der Waals surface area contributed by atoms with Gasteiger partial charge in [0.2, 0.25) is 0 Å². The third kappa shape index (κ3) is 4.23. The van der Waals surface area contributed by atoms with Crippen molar-refractivity contribution in [3.63, 3.8) is 0 Å². The molecule has 0 bridgehead atoms. The molecule has 0 fully saturated rings. The summed E-state index contributed by atoms with van der Waals surface area (Å²) in [5.41, 5.74) is 2.35. The van der Waals surface area contributed by atoms with Gasteiger partial charge in [0.15, 0.2) is 0 Å². The number of allylic oxidation sites excluding steroid dienone is 4. The molecule has 34 heavy (non-hydrogen) atoms. The van der Waals surface area contributed by atoms with Crippen molar-refractivity contribution in [3.8, 4) is 23.1 Å². The molecule has 1 aromatic carbocycles. The van der Waals surface area contributed by atoms with Gasteiger partial charge < -0.3 is 0 Å². The van der Waals surface area contributed by atoms with Gasteiger partial charge in [-0.2, -0.15) is 23.5 Å². The number of unbranched alkanes of at least 4 members (excludes halogenated alkanes) is 1. The van der Waals surface area contributed by atoms with Crippen molar-refractivity contribution in [3.05, 3.63) is 76.0 Å². The first-order chi connectivity index (χ1) is 16.3. The molecule has 0 amide bonds. The van der Waals surface area contributed by atoms with E-state index < -0.39 is 17.4 Å². The lowest BCUT2D eigenvalue weighted by atomic mass is 10.0. The molecule has 9 heteroatoms. The van der Waals surface area contributed by atoms with Crippen LogP contribution < -0.4 is 5.69 Å². The highest BCUT2D eigenvalue weighted by Crippen LogP contribution is 2.33. The Bertz CT molecular complexity index is 1380. The van der Waals surface area contributed by atoms with E-state index in [1.807, 2.05) is 13.0 Å². The van der Waals surface area contributed by atoms with Crippen LogP contribution in [0.2, 0.25) is 0 Å². The van der Waals surface area contributed by atoms with E-state index in [4.69, 9.17) is 5.26 Å². The van der Waals surface area contributed by atoms with Gasteiger partial charge in [-0.15, -0.1) is 0 Å². The van der Waals surface area contributed by atoms with Gasteiger partial charge in [0.25, 0.3) is 0 Å². The maximum absolute atomic E-state index is 13.5. The number of hydrogen-bond donors (Lipinski definition) is 0. The Morgan fingerprint density at radius 1 is 1.18 bits per heavy atom. The van der Waals surface area contributed by atoms with Gasteiger partial charge in [0, 0.05) is 17.8 Å². The van der Waals surface area contributed by atoms with Gasteiger partial charge in [-0.1, -0.05) is 19.4 Å². The Hall–Kier alpha value is -3.80. The molecule has 0 saturated heterocycles. The molecule has 0 N–H and O–H groups in total. The van der Waals surface area contributed by atoms with E-state index in [1.165, 1.54) is 16.7 Å². The summed E-state index contributed by atoms with van der Waals surface area (Å²) in [6, 6.07) is 8.76. The molecule has 4 rings (SSSR count). The van der Waals surface area contributed by atoms with E-state index in [9.17, 15) is 18.0 Å². The highest BCUT2D eigenvalue weighted by Gasteiger charge is 2.31. The summed E-state index contributed by atoms with van der Waals surface area (Å²) >= 11 is 0. The zero-order valence-corrected chi connectivity index (χ0v) is 18.9. The fourth-order valence-electron chi connectivity index (χ4n) is 4.24. The summed E-state index contributed by atoms with van der Waals surface area (Å²) in [4.78, 5) is 13.5. The zero-order valence-electron chi connectivity index (χ0n) is 18.9. The Kier molecular flexibility index (Phi) is 6.33. The number of halogens is 3. The summed E-state index contributed by atoms with van der Waals surface area (Å²) in [5, 5.41) is 13.6. The number of imidazole rings is 1. The minimum Gasteiger partial charge on any atom is -0.290 e. The quantitative estimate of drug-likeness (QED) is 0.466. The molecule has 0 aliphatic heterocycles. The fourth-order valence-corrected chi connectivity index (χ4v) is 4.24. The van der Waals surface area contributed by atoms with Crippen LogP contribution in [0.5, 0.6) is 0 Å². The molecule has 176 valence electrons. The average molecular weight is 467 g/mol. The summed E-state index contributed by atoms with van der Waals surface area (Å²) in [6.45, 7) is 4.18. The lowest BCUT2D eigenvalue weighted by Crippen LogP contribution is -2.24. The second-order valence-corrected chi connectivity index (χ2v) is 8.20. The standard InChI is InChI=1S/C25H24F3N5O/c1-3-4-14-31-23(22-12-13-30-33(22)20-10-8-18(16-29)9-11-20)17(2)32(24(31)34)21-7-5-6-19(15-21)25(26,27)28/h5-8,10,12-13,15H,3-4,9,11,14H2,1-2H3. The molecule has 0 spiro atoms. The maximum atomic E-state index is 13.5. The molecule has 2 heterocycles. The van der Waals surface area contributed by atoms with E-state index in [2.05, 4.69) is 11.2 Å². The van der Waals surface area contributed by atoms with E-state index in [0.717, 1.165) is 30.7 Å². The van der Waals surface area contributed by atoms with E-state index >= 15 is 0 Å². The van der Waals surface area contributed by atoms with Gasteiger partial charge in [-0.3, -0.25) is 9.13 Å².